The van der Waals surface area contributed by atoms with E-state index >= 15 is 0 Å². The van der Waals surface area contributed by atoms with Gasteiger partial charge in [0, 0.05) is 32.3 Å². The van der Waals surface area contributed by atoms with Gasteiger partial charge in [0.1, 0.15) is 11.0 Å². The van der Waals surface area contributed by atoms with Crippen LogP contribution in [0.25, 0.3) is 55.1 Å². The van der Waals surface area contributed by atoms with Crippen molar-refractivity contribution in [2.45, 2.75) is 0 Å². The molecule has 0 N–H and O–H groups in total. The lowest BCUT2D eigenvalue weighted by molar-refractivity contribution is 0.316. The van der Waals surface area contributed by atoms with Crippen LogP contribution in [0.1, 0.15) is 0 Å². The third-order valence-electron chi connectivity index (χ3n) is 5.39. The van der Waals surface area contributed by atoms with Crippen molar-refractivity contribution in [2.24, 2.45) is 0 Å². The number of nitrogens with zero attached hydrogens (tertiary/aromatic N) is 3. The zero-order valence-electron chi connectivity index (χ0n) is 15.7. The summed E-state index contributed by atoms with van der Waals surface area (Å²) in [6.07, 6.45) is 0. The van der Waals surface area contributed by atoms with Gasteiger partial charge >= 0.3 is 0 Å². The third kappa shape index (κ3) is 2.58. The Labute approximate surface area is 176 Å². The quantitative estimate of drug-likeness (QED) is 0.292. The standard InChI is InChI=1S/C25H14ClN3O/c26-17-11-12-21-19(13-17)22-20(23(27-21)16-9-5-2-6-10-16)14-18(15-7-3-1-4-8-15)24-25(22)29-30-28-24/h1-14H. The Bertz CT molecular complexity index is 1540. The number of rotatable bonds is 2. The number of halogens is 1. The van der Waals surface area contributed by atoms with E-state index in [9.17, 15) is 0 Å². The summed E-state index contributed by atoms with van der Waals surface area (Å²) < 4.78 is 5.21. The second-order valence-electron chi connectivity index (χ2n) is 7.16. The zero-order chi connectivity index (χ0) is 20.1. The van der Waals surface area contributed by atoms with Crippen molar-refractivity contribution in [1.82, 2.24) is 15.3 Å². The summed E-state index contributed by atoms with van der Waals surface area (Å²) in [5, 5.41) is 12.0. The minimum absolute atomic E-state index is 0.648. The number of hydrogen-bond acceptors (Lipinski definition) is 4. The molecule has 4 nitrogen and oxygen atoms in total. The van der Waals surface area contributed by atoms with Gasteiger partial charge in [-0.25, -0.2) is 9.61 Å². The van der Waals surface area contributed by atoms with Crippen molar-refractivity contribution in [2.75, 3.05) is 0 Å². The Morgan fingerprint density at radius 2 is 1.37 bits per heavy atom. The van der Waals surface area contributed by atoms with Gasteiger partial charge in [-0.05, 0) is 40.1 Å². The maximum absolute atomic E-state index is 6.34. The molecule has 6 rings (SSSR count). The van der Waals surface area contributed by atoms with Crippen molar-refractivity contribution < 1.29 is 4.63 Å². The molecule has 30 heavy (non-hydrogen) atoms. The lowest BCUT2D eigenvalue weighted by atomic mass is 9.94. The summed E-state index contributed by atoms with van der Waals surface area (Å²) in [5.74, 6) is 0. The summed E-state index contributed by atoms with van der Waals surface area (Å²) in [6.45, 7) is 0. The molecular formula is C25H14ClN3O. The summed E-state index contributed by atoms with van der Waals surface area (Å²) in [5.41, 5.74) is 6.21. The van der Waals surface area contributed by atoms with Crippen LogP contribution in [-0.2, 0) is 0 Å². The average Bonchev–Trinajstić information content (AvgIpc) is 3.29. The van der Waals surface area contributed by atoms with Crippen molar-refractivity contribution in [1.29, 1.82) is 0 Å². The first-order chi connectivity index (χ1) is 14.8. The van der Waals surface area contributed by atoms with Crippen LogP contribution in [0.3, 0.4) is 0 Å². The van der Waals surface area contributed by atoms with Gasteiger partial charge in [-0.1, -0.05) is 72.3 Å². The van der Waals surface area contributed by atoms with Crippen molar-refractivity contribution in [3.63, 3.8) is 0 Å². The molecule has 6 aromatic rings. The van der Waals surface area contributed by atoms with Crippen LogP contribution >= 0.6 is 11.6 Å². The van der Waals surface area contributed by atoms with Gasteiger partial charge in [-0.3, -0.25) is 0 Å². The number of fused-ring (bicyclic) bond motifs is 5. The maximum atomic E-state index is 6.34. The van der Waals surface area contributed by atoms with Crippen LogP contribution in [0.15, 0.2) is 89.6 Å². The van der Waals surface area contributed by atoms with Crippen molar-refractivity contribution in [3.8, 4) is 22.4 Å². The maximum Gasteiger partial charge on any atom is 0.144 e. The smallest absolute Gasteiger partial charge is 0.144 e. The van der Waals surface area contributed by atoms with E-state index in [0.29, 0.717) is 10.5 Å². The zero-order valence-corrected chi connectivity index (χ0v) is 16.5. The summed E-state index contributed by atoms with van der Waals surface area (Å²) >= 11 is 6.34. The van der Waals surface area contributed by atoms with Crippen LogP contribution in [0.5, 0.6) is 0 Å². The predicted molar refractivity (Wildman–Crippen MR) is 120 cm³/mol. The van der Waals surface area contributed by atoms with Gasteiger partial charge < -0.3 is 0 Å². The Balaban J connectivity index is 1.85. The fourth-order valence-electron chi connectivity index (χ4n) is 4.04. The molecule has 0 spiro atoms. The summed E-state index contributed by atoms with van der Waals surface area (Å²) in [6, 6.07) is 28.2. The molecule has 4 aromatic carbocycles. The molecule has 0 unspecified atom stereocenters. The lowest BCUT2D eigenvalue weighted by Crippen LogP contribution is -1.92. The predicted octanol–water partition coefficient (Wildman–Crippen LogP) is 6.91. The number of aromatic nitrogens is 3. The topological polar surface area (TPSA) is 51.8 Å². The Kier molecular flexibility index (Phi) is 3.79. The van der Waals surface area contributed by atoms with Gasteiger partial charge in [0.25, 0.3) is 0 Å². The van der Waals surface area contributed by atoms with E-state index in [1.807, 2.05) is 54.6 Å². The van der Waals surface area contributed by atoms with E-state index in [1.165, 1.54) is 0 Å². The van der Waals surface area contributed by atoms with Gasteiger partial charge in [-0.2, -0.15) is 0 Å². The molecule has 0 aliphatic heterocycles. The van der Waals surface area contributed by atoms with Crippen molar-refractivity contribution in [3.05, 3.63) is 90.0 Å². The summed E-state index contributed by atoms with van der Waals surface area (Å²) in [7, 11) is 0. The lowest BCUT2D eigenvalue weighted by Gasteiger charge is -2.12. The normalized spacial score (nSPS) is 11.5. The van der Waals surface area contributed by atoms with Gasteiger partial charge in [0.2, 0.25) is 0 Å². The molecule has 0 fully saturated rings. The first-order valence-electron chi connectivity index (χ1n) is 9.59. The molecule has 2 heterocycles. The molecule has 0 saturated heterocycles. The first-order valence-corrected chi connectivity index (χ1v) is 9.96. The minimum Gasteiger partial charge on any atom is -0.247 e. The minimum atomic E-state index is 0.648. The molecule has 5 heteroatoms. The second-order valence-corrected chi connectivity index (χ2v) is 7.60. The molecule has 142 valence electrons. The van der Waals surface area contributed by atoms with E-state index in [1.54, 1.807) is 0 Å². The second kappa shape index (κ2) is 6.65. The summed E-state index contributed by atoms with van der Waals surface area (Å²) in [4.78, 5) is 5.00. The molecule has 0 bridgehead atoms. The SMILES string of the molecule is Clc1ccc2nc(-c3ccccc3)c3cc(-c4ccccc4)c4nonc4c3c2c1. The molecule has 0 atom stereocenters. The number of benzene rings is 4. The molecule has 0 radical (unpaired) electrons. The van der Waals surface area contributed by atoms with Crippen LogP contribution < -0.4 is 0 Å². The first kappa shape index (κ1) is 17.1. The van der Waals surface area contributed by atoms with Gasteiger partial charge in [0.05, 0.1) is 11.2 Å². The van der Waals surface area contributed by atoms with E-state index < -0.39 is 0 Å². The van der Waals surface area contributed by atoms with Crippen LogP contribution in [0, 0.1) is 0 Å². The third-order valence-corrected chi connectivity index (χ3v) is 5.62. The molecule has 0 aliphatic rings. The number of hydrogen-bond donors (Lipinski definition) is 0. The number of pyridine rings is 1. The Morgan fingerprint density at radius 3 is 2.13 bits per heavy atom. The van der Waals surface area contributed by atoms with E-state index in [2.05, 4.69) is 40.6 Å². The highest BCUT2D eigenvalue weighted by molar-refractivity contribution is 6.32. The fourth-order valence-corrected chi connectivity index (χ4v) is 4.21. The molecule has 0 amide bonds. The van der Waals surface area contributed by atoms with Crippen LogP contribution in [0.4, 0.5) is 0 Å². The van der Waals surface area contributed by atoms with E-state index in [4.69, 9.17) is 21.2 Å². The largest absolute Gasteiger partial charge is 0.247 e. The Morgan fingerprint density at radius 1 is 0.667 bits per heavy atom. The van der Waals surface area contributed by atoms with Crippen LogP contribution in [0.2, 0.25) is 5.02 Å². The monoisotopic (exact) mass is 407 g/mol. The molecule has 0 aliphatic carbocycles. The highest BCUT2D eigenvalue weighted by atomic mass is 35.5. The molecule has 0 saturated carbocycles. The highest BCUT2D eigenvalue weighted by Crippen LogP contribution is 2.40. The highest BCUT2D eigenvalue weighted by Gasteiger charge is 2.19. The fraction of sp³-hybridized carbons (Fsp3) is 0. The van der Waals surface area contributed by atoms with E-state index in [-0.39, 0.29) is 0 Å². The van der Waals surface area contributed by atoms with Gasteiger partial charge in [-0.15, -0.1) is 0 Å². The van der Waals surface area contributed by atoms with E-state index in [0.717, 1.165) is 49.6 Å². The molecular weight excluding hydrogens is 394 g/mol. The van der Waals surface area contributed by atoms with Gasteiger partial charge in [0.15, 0.2) is 0 Å². The van der Waals surface area contributed by atoms with Crippen molar-refractivity contribution >= 4 is 44.3 Å². The Hall–Kier alpha value is -3.76. The average molecular weight is 408 g/mol. The molecule has 2 aromatic heterocycles. The van der Waals surface area contributed by atoms with Crippen LogP contribution in [-0.4, -0.2) is 15.3 Å².